The number of thioether (sulfide) groups is 1. The standard InChI is InChI=1S/C10H16N2O2S/c1-15-5-4-11-8-6-9(13)12(10(8)14)7-2-3-7/h7-8,11H,2-6H2,1H3. The van der Waals surface area contributed by atoms with Crippen LogP contribution in [0.15, 0.2) is 0 Å². The van der Waals surface area contributed by atoms with E-state index in [1.807, 2.05) is 6.26 Å². The SMILES string of the molecule is CSCCNC1CC(=O)N(C2CC2)C1=O. The molecule has 1 N–H and O–H groups in total. The summed E-state index contributed by atoms with van der Waals surface area (Å²) in [5, 5.41) is 3.14. The minimum absolute atomic E-state index is 0.00384. The van der Waals surface area contributed by atoms with Gasteiger partial charge in [-0.25, -0.2) is 0 Å². The van der Waals surface area contributed by atoms with Crippen LogP contribution in [0.5, 0.6) is 0 Å². The van der Waals surface area contributed by atoms with Gasteiger partial charge in [0, 0.05) is 18.3 Å². The molecule has 1 aliphatic carbocycles. The third-order valence-electron chi connectivity index (χ3n) is 2.79. The number of nitrogens with zero attached hydrogens (tertiary/aromatic N) is 1. The molecule has 0 aromatic heterocycles. The third-order valence-corrected chi connectivity index (χ3v) is 3.40. The molecule has 5 heteroatoms. The number of hydrogen-bond donors (Lipinski definition) is 1. The summed E-state index contributed by atoms with van der Waals surface area (Å²) in [5.41, 5.74) is 0. The minimum atomic E-state index is -0.259. The Hall–Kier alpha value is -0.550. The molecule has 0 radical (unpaired) electrons. The normalized spacial score (nSPS) is 26.5. The molecule has 84 valence electrons. The Balaban J connectivity index is 1.87. The molecule has 15 heavy (non-hydrogen) atoms. The largest absolute Gasteiger partial charge is 0.305 e. The lowest BCUT2D eigenvalue weighted by Gasteiger charge is -2.14. The van der Waals surface area contributed by atoms with E-state index >= 15 is 0 Å². The molecule has 2 amide bonds. The third kappa shape index (κ3) is 2.34. The molecule has 0 spiro atoms. The van der Waals surface area contributed by atoms with E-state index in [9.17, 15) is 9.59 Å². The number of nitrogens with one attached hydrogen (secondary N) is 1. The zero-order chi connectivity index (χ0) is 10.8. The molecule has 1 unspecified atom stereocenters. The molecule has 0 aromatic rings. The fraction of sp³-hybridized carbons (Fsp3) is 0.800. The highest BCUT2D eigenvalue weighted by atomic mass is 32.2. The molecule has 0 aromatic carbocycles. The molecule has 1 heterocycles. The first kappa shape index (κ1) is 11.0. The summed E-state index contributed by atoms with van der Waals surface area (Å²) in [6, 6.07) is -0.0393. The summed E-state index contributed by atoms with van der Waals surface area (Å²) >= 11 is 1.73. The first-order chi connectivity index (χ1) is 7.24. The number of imide groups is 1. The maximum atomic E-state index is 11.8. The van der Waals surface area contributed by atoms with Crippen LogP contribution in [0, 0.1) is 0 Å². The minimum Gasteiger partial charge on any atom is -0.305 e. The Bertz CT molecular complexity index is 279. The lowest BCUT2D eigenvalue weighted by Crippen LogP contribution is -2.40. The van der Waals surface area contributed by atoms with Gasteiger partial charge in [0.05, 0.1) is 12.5 Å². The van der Waals surface area contributed by atoms with Crippen molar-refractivity contribution >= 4 is 23.6 Å². The lowest BCUT2D eigenvalue weighted by atomic mass is 10.2. The Morgan fingerprint density at radius 3 is 2.80 bits per heavy atom. The maximum Gasteiger partial charge on any atom is 0.247 e. The van der Waals surface area contributed by atoms with E-state index in [2.05, 4.69) is 5.32 Å². The second-order valence-electron chi connectivity index (χ2n) is 4.04. The molecule has 1 saturated heterocycles. The number of rotatable bonds is 5. The zero-order valence-electron chi connectivity index (χ0n) is 8.86. The van der Waals surface area contributed by atoms with Crippen molar-refractivity contribution < 1.29 is 9.59 Å². The van der Waals surface area contributed by atoms with Crippen LogP contribution in [0.1, 0.15) is 19.3 Å². The smallest absolute Gasteiger partial charge is 0.247 e. The summed E-state index contributed by atoms with van der Waals surface area (Å²) in [6.07, 6.45) is 4.37. The topological polar surface area (TPSA) is 49.4 Å². The van der Waals surface area contributed by atoms with E-state index in [-0.39, 0.29) is 23.9 Å². The number of carbonyl (C=O) groups is 2. The van der Waals surface area contributed by atoms with E-state index in [4.69, 9.17) is 0 Å². The van der Waals surface area contributed by atoms with E-state index < -0.39 is 0 Å². The molecule has 0 bridgehead atoms. The van der Waals surface area contributed by atoms with Crippen LogP contribution in [-0.4, -0.2) is 47.4 Å². The van der Waals surface area contributed by atoms with Crippen LogP contribution < -0.4 is 5.32 Å². The molecule has 2 rings (SSSR count). The Kier molecular flexibility index (Phi) is 3.31. The van der Waals surface area contributed by atoms with Crippen molar-refractivity contribution in [3.05, 3.63) is 0 Å². The Morgan fingerprint density at radius 2 is 2.20 bits per heavy atom. The quantitative estimate of drug-likeness (QED) is 0.540. The van der Waals surface area contributed by atoms with Gasteiger partial charge in [-0.2, -0.15) is 11.8 Å². The first-order valence-electron chi connectivity index (χ1n) is 5.32. The van der Waals surface area contributed by atoms with Gasteiger partial charge in [0.25, 0.3) is 0 Å². The van der Waals surface area contributed by atoms with Crippen LogP contribution in [0.3, 0.4) is 0 Å². The van der Waals surface area contributed by atoms with E-state index in [0.29, 0.717) is 6.42 Å². The van der Waals surface area contributed by atoms with E-state index in [1.54, 1.807) is 11.8 Å². The van der Waals surface area contributed by atoms with Crippen molar-refractivity contribution in [3.63, 3.8) is 0 Å². The van der Waals surface area contributed by atoms with Crippen molar-refractivity contribution in [1.82, 2.24) is 10.2 Å². The molecule has 4 nitrogen and oxygen atoms in total. The fourth-order valence-electron chi connectivity index (χ4n) is 1.86. The molecule has 1 aliphatic heterocycles. The second-order valence-corrected chi connectivity index (χ2v) is 5.02. The van der Waals surface area contributed by atoms with Gasteiger partial charge in [-0.15, -0.1) is 0 Å². The predicted molar refractivity (Wildman–Crippen MR) is 59.7 cm³/mol. The average molecular weight is 228 g/mol. The van der Waals surface area contributed by atoms with Gasteiger partial charge in [-0.1, -0.05) is 0 Å². The van der Waals surface area contributed by atoms with E-state index in [1.165, 1.54) is 4.90 Å². The van der Waals surface area contributed by atoms with Crippen LogP contribution in [-0.2, 0) is 9.59 Å². The predicted octanol–water partition coefficient (Wildman–Crippen LogP) is 0.229. The highest BCUT2D eigenvalue weighted by Crippen LogP contribution is 2.31. The molecule has 2 aliphatic rings. The maximum absolute atomic E-state index is 11.8. The summed E-state index contributed by atoms with van der Waals surface area (Å²) in [4.78, 5) is 24.9. The van der Waals surface area contributed by atoms with Crippen molar-refractivity contribution in [2.24, 2.45) is 0 Å². The van der Waals surface area contributed by atoms with Crippen molar-refractivity contribution in [2.75, 3.05) is 18.6 Å². The molecule has 1 atom stereocenters. The summed E-state index contributed by atoms with van der Waals surface area (Å²) in [7, 11) is 0. The average Bonchev–Trinajstić information content (AvgIpc) is 2.97. The van der Waals surface area contributed by atoms with Crippen molar-refractivity contribution in [1.29, 1.82) is 0 Å². The van der Waals surface area contributed by atoms with Crippen molar-refractivity contribution in [2.45, 2.75) is 31.3 Å². The summed E-state index contributed by atoms with van der Waals surface area (Å²) in [5.74, 6) is 0.967. The van der Waals surface area contributed by atoms with Crippen LogP contribution in [0.2, 0.25) is 0 Å². The van der Waals surface area contributed by atoms with Gasteiger partial charge in [0.15, 0.2) is 0 Å². The highest BCUT2D eigenvalue weighted by Gasteiger charge is 2.45. The number of amides is 2. The number of hydrogen-bond acceptors (Lipinski definition) is 4. The van der Waals surface area contributed by atoms with Crippen LogP contribution >= 0.6 is 11.8 Å². The van der Waals surface area contributed by atoms with Gasteiger partial charge >= 0.3 is 0 Å². The fourth-order valence-corrected chi connectivity index (χ4v) is 2.18. The van der Waals surface area contributed by atoms with Crippen LogP contribution in [0.25, 0.3) is 0 Å². The summed E-state index contributed by atoms with van der Waals surface area (Å²) in [6.45, 7) is 0.795. The molecular weight excluding hydrogens is 212 g/mol. The highest BCUT2D eigenvalue weighted by molar-refractivity contribution is 7.98. The molecule has 1 saturated carbocycles. The Labute approximate surface area is 93.8 Å². The monoisotopic (exact) mass is 228 g/mol. The van der Waals surface area contributed by atoms with Gasteiger partial charge < -0.3 is 5.32 Å². The van der Waals surface area contributed by atoms with E-state index in [0.717, 1.165) is 25.1 Å². The molecular formula is C10H16N2O2S. The van der Waals surface area contributed by atoms with Crippen LogP contribution in [0.4, 0.5) is 0 Å². The van der Waals surface area contributed by atoms with Gasteiger partial charge in [0.1, 0.15) is 0 Å². The molecule has 2 fully saturated rings. The number of likely N-dealkylation sites (tertiary alicyclic amines) is 1. The lowest BCUT2D eigenvalue weighted by molar-refractivity contribution is -0.139. The van der Waals surface area contributed by atoms with Gasteiger partial charge in [-0.3, -0.25) is 14.5 Å². The number of carbonyl (C=O) groups excluding carboxylic acids is 2. The summed E-state index contributed by atoms with van der Waals surface area (Å²) < 4.78 is 0. The van der Waals surface area contributed by atoms with Gasteiger partial charge in [0.2, 0.25) is 11.8 Å². The van der Waals surface area contributed by atoms with Crippen molar-refractivity contribution in [3.8, 4) is 0 Å². The zero-order valence-corrected chi connectivity index (χ0v) is 9.68. The van der Waals surface area contributed by atoms with Gasteiger partial charge in [-0.05, 0) is 19.1 Å². The second kappa shape index (κ2) is 4.53. The first-order valence-corrected chi connectivity index (χ1v) is 6.71. The Morgan fingerprint density at radius 1 is 1.47 bits per heavy atom.